The molecule has 0 amide bonds. The Balaban J connectivity index is 1.89. The van der Waals surface area contributed by atoms with Gasteiger partial charge in [0.2, 0.25) is 0 Å². The summed E-state index contributed by atoms with van der Waals surface area (Å²) in [5, 5.41) is 0. The molecule has 0 unspecified atom stereocenters. The van der Waals surface area contributed by atoms with E-state index in [0.717, 1.165) is 24.1 Å². The lowest BCUT2D eigenvalue weighted by Gasteiger charge is -2.36. The first kappa shape index (κ1) is 22.1. The van der Waals surface area contributed by atoms with Crippen LogP contribution < -0.4 is 0 Å². The van der Waals surface area contributed by atoms with Gasteiger partial charge in [-0.2, -0.15) is 0 Å². The van der Waals surface area contributed by atoms with Gasteiger partial charge in [-0.25, -0.2) is 0 Å². The molecule has 0 aliphatic carbocycles. The molecule has 0 saturated heterocycles. The lowest BCUT2D eigenvalue weighted by molar-refractivity contribution is -0.919. The third-order valence-electron chi connectivity index (χ3n) is 5.67. The minimum Gasteiger partial charge on any atom is -0.286 e. The molecule has 0 fully saturated rings. The summed E-state index contributed by atoms with van der Waals surface area (Å²) in [6, 6.07) is 32.8. The van der Waals surface area contributed by atoms with E-state index in [9.17, 15) is 0 Å². The second-order valence-electron chi connectivity index (χ2n) is 8.38. The molecule has 0 aliphatic rings. The SMILES string of the molecule is CCCCCC/C=C/[N+](Cc1ccccc1)(Cc1ccccc1)Cc1ccccc1. The standard InChI is InChI=1S/C29H36N/c1-2-3-4-5-6-16-23-30(24-27-17-10-7-11-18-27,25-28-19-12-8-13-20-28)26-29-21-14-9-15-22-29/h7-23H,2-6,24-26H2,1H3/q+1/b23-16+. The normalized spacial score (nSPS) is 11.8. The number of quaternary nitrogens is 1. The van der Waals surface area contributed by atoms with Crippen molar-refractivity contribution in [3.63, 3.8) is 0 Å². The lowest BCUT2D eigenvalue weighted by Crippen LogP contribution is -2.40. The van der Waals surface area contributed by atoms with Crippen LogP contribution >= 0.6 is 0 Å². The Morgan fingerprint density at radius 3 is 1.40 bits per heavy atom. The first-order valence-corrected chi connectivity index (χ1v) is 11.4. The predicted octanol–water partition coefficient (Wildman–Crippen LogP) is 7.89. The highest BCUT2D eigenvalue weighted by Gasteiger charge is 2.26. The monoisotopic (exact) mass is 398 g/mol. The van der Waals surface area contributed by atoms with Gasteiger partial charge < -0.3 is 0 Å². The van der Waals surface area contributed by atoms with E-state index in [0.29, 0.717) is 0 Å². The van der Waals surface area contributed by atoms with Crippen LogP contribution in [0.25, 0.3) is 0 Å². The highest BCUT2D eigenvalue weighted by molar-refractivity contribution is 5.17. The van der Waals surface area contributed by atoms with E-state index in [1.54, 1.807) is 0 Å². The molecular formula is C29H36N+. The highest BCUT2D eigenvalue weighted by atomic mass is 15.3. The molecule has 156 valence electrons. The largest absolute Gasteiger partial charge is 0.286 e. The molecule has 0 N–H and O–H groups in total. The summed E-state index contributed by atoms with van der Waals surface area (Å²) in [5.74, 6) is 0. The molecule has 0 radical (unpaired) electrons. The second-order valence-corrected chi connectivity index (χ2v) is 8.38. The Morgan fingerprint density at radius 1 is 0.567 bits per heavy atom. The molecule has 1 nitrogen and oxygen atoms in total. The zero-order valence-corrected chi connectivity index (χ0v) is 18.4. The van der Waals surface area contributed by atoms with Gasteiger partial charge in [-0.3, -0.25) is 4.48 Å². The summed E-state index contributed by atoms with van der Waals surface area (Å²) >= 11 is 0. The molecule has 0 heterocycles. The predicted molar refractivity (Wildman–Crippen MR) is 129 cm³/mol. The molecule has 0 atom stereocenters. The molecule has 30 heavy (non-hydrogen) atoms. The van der Waals surface area contributed by atoms with Gasteiger partial charge in [0.25, 0.3) is 0 Å². The second kappa shape index (κ2) is 12.1. The van der Waals surface area contributed by atoms with E-state index >= 15 is 0 Å². The van der Waals surface area contributed by atoms with E-state index in [1.807, 2.05) is 0 Å². The van der Waals surface area contributed by atoms with Crippen molar-refractivity contribution in [2.45, 2.75) is 58.7 Å². The molecule has 3 rings (SSSR count). The van der Waals surface area contributed by atoms with Crippen LogP contribution in [0.1, 0.15) is 55.7 Å². The van der Waals surface area contributed by atoms with Gasteiger partial charge in [-0.15, -0.1) is 0 Å². The van der Waals surface area contributed by atoms with Gasteiger partial charge in [0, 0.05) is 16.7 Å². The average molecular weight is 399 g/mol. The molecule has 0 saturated carbocycles. The van der Waals surface area contributed by atoms with E-state index in [4.69, 9.17) is 0 Å². The van der Waals surface area contributed by atoms with Gasteiger partial charge in [0.15, 0.2) is 0 Å². The van der Waals surface area contributed by atoms with Gasteiger partial charge in [-0.1, -0.05) is 117 Å². The average Bonchev–Trinajstić information content (AvgIpc) is 2.78. The Bertz CT molecular complexity index is 751. The van der Waals surface area contributed by atoms with Crippen molar-refractivity contribution >= 4 is 0 Å². The summed E-state index contributed by atoms with van der Waals surface area (Å²) in [7, 11) is 0. The van der Waals surface area contributed by atoms with Gasteiger partial charge in [0.05, 0.1) is 6.20 Å². The molecule has 3 aromatic rings. The van der Waals surface area contributed by atoms with E-state index in [1.165, 1.54) is 48.8 Å². The van der Waals surface area contributed by atoms with Crippen LogP contribution in [0.2, 0.25) is 0 Å². The molecule has 0 aliphatic heterocycles. The van der Waals surface area contributed by atoms with Crippen LogP contribution in [-0.4, -0.2) is 4.48 Å². The van der Waals surface area contributed by atoms with E-state index in [2.05, 4.69) is 110 Å². The Labute approximate surface area is 183 Å². The van der Waals surface area contributed by atoms with E-state index in [-0.39, 0.29) is 0 Å². The summed E-state index contributed by atoms with van der Waals surface area (Å²) in [6.07, 6.45) is 11.3. The first-order chi connectivity index (χ1) is 14.8. The summed E-state index contributed by atoms with van der Waals surface area (Å²) in [4.78, 5) is 0. The van der Waals surface area contributed by atoms with Crippen molar-refractivity contribution in [3.05, 3.63) is 120 Å². The Morgan fingerprint density at radius 2 is 1.00 bits per heavy atom. The number of allylic oxidation sites excluding steroid dienone is 1. The van der Waals surface area contributed by atoms with Crippen LogP contribution in [0.4, 0.5) is 0 Å². The first-order valence-electron chi connectivity index (χ1n) is 11.4. The fraction of sp³-hybridized carbons (Fsp3) is 0.310. The quantitative estimate of drug-likeness (QED) is 0.215. The van der Waals surface area contributed by atoms with Gasteiger partial charge in [0.1, 0.15) is 19.6 Å². The number of nitrogens with zero attached hydrogens (tertiary/aromatic N) is 1. The maximum absolute atomic E-state index is 2.49. The van der Waals surface area contributed by atoms with Crippen LogP contribution in [0.3, 0.4) is 0 Å². The van der Waals surface area contributed by atoms with Crippen molar-refractivity contribution in [2.24, 2.45) is 0 Å². The van der Waals surface area contributed by atoms with Crippen molar-refractivity contribution in [3.8, 4) is 0 Å². The summed E-state index contributed by atoms with van der Waals surface area (Å²) < 4.78 is 0.909. The zero-order chi connectivity index (χ0) is 20.9. The maximum atomic E-state index is 2.49. The number of unbranched alkanes of at least 4 members (excludes halogenated alkanes) is 4. The molecule has 0 aromatic heterocycles. The van der Waals surface area contributed by atoms with E-state index < -0.39 is 0 Å². The Kier molecular flexibility index (Phi) is 8.93. The van der Waals surface area contributed by atoms with Crippen molar-refractivity contribution in [1.82, 2.24) is 0 Å². The highest BCUT2D eigenvalue weighted by Crippen LogP contribution is 2.25. The van der Waals surface area contributed by atoms with Crippen LogP contribution in [0.5, 0.6) is 0 Å². The molecule has 3 aromatic carbocycles. The van der Waals surface area contributed by atoms with Crippen molar-refractivity contribution in [2.75, 3.05) is 0 Å². The third kappa shape index (κ3) is 7.31. The fourth-order valence-corrected chi connectivity index (χ4v) is 4.15. The van der Waals surface area contributed by atoms with Crippen LogP contribution in [0, 0.1) is 0 Å². The third-order valence-corrected chi connectivity index (χ3v) is 5.67. The van der Waals surface area contributed by atoms with Gasteiger partial charge in [-0.05, 0) is 18.9 Å². The Hall–Kier alpha value is -2.64. The number of hydrogen-bond donors (Lipinski definition) is 0. The van der Waals surface area contributed by atoms with Crippen LogP contribution in [0.15, 0.2) is 103 Å². The smallest absolute Gasteiger partial charge is 0.109 e. The molecular weight excluding hydrogens is 362 g/mol. The minimum atomic E-state index is 0.909. The maximum Gasteiger partial charge on any atom is 0.109 e. The number of rotatable bonds is 12. The molecule has 1 heteroatoms. The molecule has 0 bridgehead atoms. The number of hydrogen-bond acceptors (Lipinski definition) is 0. The zero-order valence-electron chi connectivity index (χ0n) is 18.4. The topological polar surface area (TPSA) is 0 Å². The van der Waals surface area contributed by atoms with Gasteiger partial charge >= 0.3 is 0 Å². The van der Waals surface area contributed by atoms with Crippen LogP contribution in [-0.2, 0) is 19.6 Å². The summed E-state index contributed by atoms with van der Waals surface area (Å²) in [5.41, 5.74) is 4.17. The molecule has 0 spiro atoms. The minimum absolute atomic E-state index is 0.909. The van der Waals surface area contributed by atoms with Crippen molar-refractivity contribution < 1.29 is 4.48 Å². The number of benzene rings is 3. The summed E-state index contributed by atoms with van der Waals surface area (Å²) in [6.45, 7) is 5.26. The lowest BCUT2D eigenvalue weighted by atomic mass is 10.1. The fourth-order valence-electron chi connectivity index (χ4n) is 4.15. The van der Waals surface area contributed by atoms with Crippen molar-refractivity contribution in [1.29, 1.82) is 0 Å².